The number of carboxylic acids is 1. The van der Waals surface area contributed by atoms with E-state index in [4.69, 9.17) is 26.2 Å². The minimum Gasteiger partial charge on any atom is -0.477 e. The zero-order chi connectivity index (χ0) is 26.9. The molecule has 6 rings (SSSR count). The van der Waals surface area contributed by atoms with Crippen LogP contribution in [0.5, 0.6) is 5.88 Å². The molecular weight excluding hydrogens is 545 g/mol. The topological polar surface area (TPSA) is 92.4 Å². The van der Waals surface area contributed by atoms with Gasteiger partial charge in [-0.15, -0.1) is 11.3 Å². The number of hydrogen-bond acceptors (Lipinski definition) is 8. The Labute approximate surface area is 233 Å². The molecule has 39 heavy (non-hydrogen) atoms. The average Bonchev–Trinajstić information content (AvgIpc) is 3.45. The first-order valence-corrected chi connectivity index (χ1v) is 14.0. The second-order valence-corrected chi connectivity index (χ2v) is 11.1. The first-order chi connectivity index (χ1) is 18.9. The second kappa shape index (κ2) is 11.1. The highest BCUT2D eigenvalue weighted by Crippen LogP contribution is 2.30. The summed E-state index contributed by atoms with van der Waals surface area (Å²) in [4.78, 5) is 21.8. The van der Waals surface area contributed by atoms with Gasteiger partial charge in [0.2, 0.25) is 5.88 Å². The summed E-state index contributed by atoms with van der Waals surface area (Å²) in [6.45, 7) is 4.76. The van der Waals surface area contributed by atoms with Crippen LogP contribution in [-0.2, 0) is 24.3 Å². The van der Waals surface area contributed by atoms with Crippen LogP contribution in [0, 0.1) is 5.82 Å². The molecule has 2 aliphatic heterocycles. The molecule has 0 radical (unpaired) electrons. The lowest BCUT2D eigenvalue weighted by molar-refractivity contribution is -0.0491. The fourth-order valence-corrected chi connectivity index (χ4v) is 5.96. The Morgan fingerprint density at radius 2 is 2.05 bits per heavy atom. The van der Waals surface area contributed by atoms with Crippen molar-refractivity contribution < 1.29 is 23.8 Å². The molecule has 204 valence electrons. The third-order valence-electron chi connectivity index (χ3n) is 7.09. The number of rotatable bonds is 9. The van der Waals surface area contributed by atoms with Gasteiger partial charge in [0, 0.05) is 68.0 Å². The number of aromatic carboxylic acids is 1. The van der Waals surface area contributed by atoms with Crippen LogP contribution in [0.3, 0.4) is 0 Å². The predicted octanol–water partition coefficient (Wildman–Crippen LogP) is 4.51. The maximum atomic E-state index is 14.1. The Kier molecular flexibility index (Phi) is 7.39. The molecular formula is C27H27ClFN5O4S. The van der Waals surface area contributed by atoms with Gasteiger partial charge in [-0.2, -0.15) is 10.1 Å². The van der Waals surface area contributed by atoms with Crippen LogP contribution in [0.1, 0.15) is 32.9 Å². The van der Waals surface area contributed by atoms with Gasteiger partial charge in [0.25, 0.3) is 0 Å². The highest BCUT2D eigenvalue weighted by Gasteiger charge is 2.27. The number of anilines is 1. The fraction of sp³-hybridized carbons (Fsp3) is 0.370. The molecule has 0 spiro atoms. The van der Waals surface area contributed by atoms with Crippen LogP contribution in [0.15, 0.2) is 42.6 Å². The van der Waals surface area contributed by atoms with Gasteiger partial charge in [0.1, 0.15) is 27.9 Å². The number of nitrogens with zero attached hydrogens (tertiary/aromatic N) is 5. The molecule has 0 amide bonds. The molecule has 2 saturated heterocycles. The number of carboxylic acid groups (broad SMARTS) is 1. The van der Waals surface area contributed by atoms with Crippen molar-refractivity contribution in [3.63, 3.8) is 0 Å². The highest BCUT2D eigenvalue weighted by molar-refractivity contribution is 7.19. The minimum atomic E-state index is -0.936. The van der Waals surface area contributed by atoms with E-state index in [0.29, 0.717) is 23.0 Å². The number of ether oxygens (including phenoxy) is 2. The number of thiazole rings is 1. The third kappa shape index (κ3) is 5.72. The summed E-state index contributed by atoms with van der Waals surface area (Å²) in [7, 11) is 0. The van der Waals surface area contributed by atoms with Crippen LogP contribution in [0.4, 0.5) is 10.2 Å². The second-order valence-electron chi connectivity index (χ2n) is 9.68. The van der Waals surface area contributed by atoms with E-state index in [0.717, 1.165) is 67.5 Å². The molecule has 3 aromatic heterocycles. The fourth-order valence-electron chi connectivity index (χ4n) is 4.84. The summed E-state index contributed by atoms with van der Waals surface area (Å²) in [6, 6.07) is 10.1. The Bertz CT molecular complexity index is 1500. The maximum Gasteiger partial charge on any atom is 0.347 e. The normalized spacial score (nSPS) is 17.9. The summed E-state index contributed by atoms with van der Waals surface area (Å²) in [5, 5.41) is 14.5. The lowest BCUT2D eigenvalue weighted by atomic mass is 10.0. The highest BCUT2D eigenvalue weighted by atomic mass is 35.5. The zero-order valence-electron chi connectivity index (χ0n) is 21.1. The maximum absolute atomic E-state index is 14.1. The van der Waals surface area contributed by atoms with Gasteiger partial charge in [-0.25, -0.2) is 13.7 Å². The first kappa shape index (κ1) is 26.0. The number of fused-ring (bicyclic) bond motifs is 1. The van der Waals surface area contributed by atoms with Crippen molar-refractivity contribution in [3.05, 3.63) is 75.1 Å². The van der Waals surface area contributed by atoms with E-state index in [2.05, 4.69) is 14.8 Å². The predicted molar refractivity (Wildman–Crippen MR) is 146 cm³/mol. The number of halogens is 2. The van der Waals surface area contributed by atoms with Crippen molar-refractivity contribution in [1.82, 2.24) is 19.5 Å². The summed E-state index contributed by atoms with van der Waals surface area (Å²) < 4.78 is 27.2. The standard InChI is InChI=1S/C27H27ClFN5O4S/c28-18-5-4-17(21(29)12-18)16-38-25-3-1-2-24(30-25)33-9-7-32(8-10-33)14-22-20(13-19-6-11-37-19)26-34(31-22)15-23(39-26)27(35)36/h1-5,12,15,19H,6-11,13-14,16H2,(H,35,36). The molecule has 4 aromatic rings. The number of aromatic nitrogens is 3. The average molecular weight is 572 g/mol. The molecule has 0 saturated carbocycles. The van der Waals surface area contributed by atoms with E-state index in [9.17, 15) is 14.3 Å². The molecule has 2 aliphatic rings. The Balaban J connectivity index is 1.09. The van der Waals surface area contributed by atoms with E-state index in [1.807, 2.05) is 12.1 Å². The number of hydrogen-bond donors (Lipinski definition) is 1. The van der Waals surface area contributed by atoms with E-state index in [1.165, 1.54) is 17.4 Å². The lowest BCUT2D eigenvalue weighted by Gasteiger charge is -2.35. The van der Waals surface area contributed by atoms with Crippen LogP contribution in [0.25, 0.3) is 4.83 Å². The first-order valence-electron chi connectivity index (χ1n) is 12.8. The number of pyridine rings is 1. The van der Waals surface area contributed by atoms with Crippen molar-refractivity contribution in [1.29, 1.82) is 0 Å². The van der Waals surface area contributed by atoms with Gasteiger partial charge in [-0.05, 0) is 24.6 Å². The third-order valence-corrected chi connectivity index (χ3v) is 8.46. The SMILES string of the molecule is O=C(O)c1cn2nc(CN3CCN(c4cccc(OCc5ccc(Cl)cc5F)n4)CC3)c(CC3CCO3)c2s1. The van der Waals surface area contributed by atoms with E-state index >= 15 is 0 Å². The summed E-state index contributed by atoms with van der Waals surface area (Å²) in [5.74, 6) is -0.0894. The number of piperazine rings is 1. The Morgan fingerprint density at radius 1 is 1.23 bits per heavy atom. The number of benzene rings is 1. The Morgan fingerprint density at radius 3 is 2.77 bits per heavy atom. The minimum absolute atomic E-state index is 0.0670. The van der Waals surface area contributed by atoms with Gasteiger partial charge < -0.3 is 19.5 Å². The van der Waals surface area contributed by atoms with Gasteiger partial charge >= 0.3 is 5.97 Å². The van der Waals surface area contributed by atoms with Crippen molar-refractivity contribution in [2.45, 2.75) is 32.1 Å². The largest absolute Gasteiger partial charge is 0.477 e. The van der Waals surface area contributed by atoms with Crippen molar-refractivity contribution in [3.8, 4) is 5.88 Å². The molecule has 2 fully saturated rings. The van der Waals surface area contributed by atoms with Gasteiger partial charge in [-0.1, -0.05) is 23.7 Å². The smallest absolute Gasteiger partial charge is 0.347 e. The van der Waals surface area contributed by atoms with Gasteiger partial charge in [-0.3, -0.25) is 4.90 Å². The number of carbonyl (C=O) groups is 1. The van der Waals surface area contributed by atoms with Crippen molar-refractivity contribution in [2.24, 2.45) is 0 Å². The molecule has 1 N–H and O–H groups in total. The van der Waals surface area contributed by atoms with Crippen LogP contribution in [-0.4, -0.2) is 69.5 Å². The summed E-state index contributed by atoms with van der Waals surface area (Å²) in [6.07, 6.45) is 3.52. The molecule has 0 aliphatic carbocycles. The van der Waals surface area contributed by atoms with Crippen molar-refractivity contribution >= 4 is 39.6 Å². The van der Waals surface area contributed by atoms with E-state index in [1.54, 1.807) is 28.9 Å². The summed E-state index contributed by atoms with van der Waals surface area (Å²) in [5.41, 5.74) is 2.48. The molecule has 12 heteroatoms. The van der Waals surface area contributed by atoms with Crippen LogP contribution >= 0.6 is 22.9 Å². The van der Waals surface area contributed by atoms with Gasteiger partial charge in [0.05, 0.1) is 18.0 Å². The van der Waals surface area contributed by atoms with Crippen molar-refractivity contribution in [2.75, 3.05) is 37.7 Å². The van der Waals surface area contributed by atoms with E-state index in [-0.39, 0.29) is 17.6 Å². The molecule has 9 nitrogen and oxygen atoms in total. The molecule has 0 bridgehead atoms. The van der Waals surface area contributed by atoms with E-state index < -0.39 is 11.8 Å². The summed E-state index contributed by atoms with van der Waals surface area (Å²) >= 11 is 7.10. The monoisotopic (exact) mass is 571 g/mol. The molecule has 5 heterocycles. The lowest BCUT2D eigenvalue weighted by Crippen LogP contribution is -2.46. The van der Waals surface area contributed by atoms with Crippen LogP contribution < -0.4 is 9.64 Å². The molecule has 1 unspecified atom stereocenters. The molecule has 1 aromatic carbocycles. The van der Waals surface area contributed by atoms with Gasteiger partial charge in [0.15, 0.2) is 0 Å². The Hall–Kier alpha value is -3.25. The quantitative estimate of drug-likeness (QED) is 0.314. The van der Waals surface area contributed by atoms with Crippen LogP contribution in [0.2, 0.25) is 5.02 Å². The molecule has 1 atom stereocenters. The zero-order valence-corrected chi connectivity index (χ0v) is 22.6.